The number of methoxy groups -OCH3 is 1. The highest BCUT2D eigenvalue weighted by Gasteiger charge is 2.28. The molecule has 1 aliphatic rings. The molecule has 0 radical (unpaired) electrons. The predicted octanol–water partition coefficient (Wildman–Crippen LogP) is 1.22. The predicted molar refractivity (Wildman–Crippen MR) is 66.8 cm³/mol. The molecule has 1 fully saturated rings. The molecule has 0 bridgehead atoms. The van der Waals surface area contributed by atoms with Gasteiger partial charge in [-0.3, -0.25) is 9.47 Å². The maximum Gasteiger partial charge on any atom is 0.319 e. The number of imidazole rings is 1. The van der Waals surface area contributed by atoms with Crippen LogP contribution >= 0.6 is 0 Å². The van der Waals surface area contributed by atoms with E-state index >= 15 is 0 Å². The molecule has 2 heterocycles. The van der Waals surface area contributed by atoms with E-state index in [-0.39, 0.29) is 12.1 Å². The van der Waals surface area contributed by atoms with Crippen LogP contribution in [0.3, 0.4) is 0 Å². The fourth-order valence-corrected chi connectivity index (χ4v) is 2.56. The minimum atomic E-state index is -2.55. The molecule has 1 aromatic rings. The second kappa shape index (κ2) is 6.40. The molecule has 1 aromatic heterocycles. The van der Waals surface area contributed by atoms with Crippen molar-refractivity contribution in [1.82, 2.24) is 14.5 Å². The van der Waals surface area contributed by atoms with Crippen LogP contribution in [-0.2, 0) is 11.3 Å². The third-order valence-corrected chi connectivity index (χ3v) is 3.70. The van der Waals surface area contributed by atoms with Gasteiger partial charge in [-0.2, -0.15) is 8.78 Å². The molecule has 0 spiro atoms. The van der Waals surface area contributed by atoms with E-state index in [1.165, 1.54) is 12.4 Å². The third-order valence-electron chi connectivity index (χ3n) is 3.70. The second-order valence-electron chi connectivity index (χ2n) is 4.77. The molecular formula is C12H20F2N4O. The van der Waals surface area contributed by atoms with Crippen LogP contribution in [0.2, 0.25) is 0 Å². The molecule has 1 aliphatic heterocycles. The molecule has 2 rings (SSSR count). The number of aromatic nitrogens is 2. The van der Waals surface area contributed by atoms with Gasteiger partial charge in [0.25, 0.3) is 0 Å². The van der Waals surface area contributed by atoms with Gasteiger partial charge in [0.15, 0.2) is 0 Å². The van der Waals surface area contributed by atoms with Crippen LogP contribution in [0.4, 0.5) is 8.78 Å². The van der Waals surface area contributed by atoms with Gasteiger partial charge in [-0.25, -0.2) is 4.98 Å². The number of hydrogen-bond donors (Lipinski definition) is 1. The molecule has 0 amide bonds. The Kier molecular flexibility index (Phi) is 4.84. The standard InChI is InChI=1S/C12H20F2N4O/c1-19-10-2-4-17(9(6-10)7-15)8-11-16-3-5-18(11)12(13)14/h3,5,9-10,12H,2,4,6-8,15H2,1H3. The van der Waals surface area contributed by atoms with Gasteiger partial charge < -0.3 is 10.5 Å². The highest BCUT2D eigenvalue weighted by Crippen LogP contribution is 2.22. The number of ether oxygens (including phenoxy) is 1. The number of nitrogens with zero attached hydrogens (tertiary/aromatic N) is 3. The van der Waals surface area contributed by atoms with Gasteiger partial charge in [-0.15, -0.1) is 0 Å². The highest BCUT2D eigenvalue weighted by molar-refractivity contribution is 4.95. The van der Waals surface area contributed by atoms with Gasteiger partial charge in [0, 0.05) is 38.6 Å². The van der Waals surface area contributed by atoms with Crippen molar-refractivity contribution in [3.05, 3.63) is 18.2 Å². The molecule has 19 heavy (non-hydrogen) atoms. The van der Waals surface area contributed by atoms with E-state index in [1.54, 1.807) is 7.11 Å². The van der Waals surface area contributed by atoms with Crippen LogP contribution in [0.25, 0.3) is 0 Å². The van der Waals surface area contributed by atoms with Gasteiger partial charge >= 0.3 is 6.55 Å². The summed E-state index contributed by atoms with van der Waals surface area (Å²) in [6, 6.07) is 0.154. The van der Waals surface area contributed by atoms with Crippen LogP contribution in [0.15, 0.2) is 12.4 Å². The smallest absolute Gasteiger partial charge is 0.319 e. The lowest BCUT2D eigenvalue weighted by atomic mass is 9.99. The topological polar surface area (TPSA) is 56.3 Å². The van der Waals surface area contributed by atoms with Gasteiger partial charge in [0.1, 0.15) is 5.82 Å². The molecule has 2 N–H and O–H groups in total. The molecule has 0 aliphatic carbocycles. The quantitative estimate of drug-likeness (QED) is 0.877. The number of likely N-dealkylation sites (tertiary alicyclic amines) is 1. The number of piperidine rings is 1. The largest absolute Gasteiger partial charge is 0.381 e. The average Bonchev–Trinajstić information content (AvgIpc) is 2.87. The Hall–Kier alpha value is -1.05. The van der Waals surface area contributed by atoms with E-state index in [4.69, 9.17) is 10.5 Å². The summed E-state index contributed by atoms with van der Waals surface area (Å²) in [7, 11) is 1.69. The second-order valence-corrected chi connectivity index (χ2v) is 4.77. The Morgan fingerprint density at radius 1 is 1.58 bits per heavy atom. The third kappa shape index (κ3) is 3.29. The molecular weight excluding hydrogens is 254 g/mol. The van der Waals surface area contributed by atoms with Crippen molar-refractivity contribution in [3.8, 4) is 0 Å². The molecule has 1 saturated heterocycles. The van der Waals surface area contributed by atoms with Crippen molar-refractivity contribution >= 4 is 0 Å². The highest BCUT2D eigenvalue weighted by atomic mass is 19.3. The van der Waals surface area contributed by atoms with Crippen molar-refractivity contribution in [3.63, 3.8) is 0 Å². The van der Waals surface area contributed by atoms with Crippen molar-refractivity contribution in [2.24, 2.45) is 5.73 Å². The van der Waals surface area contributed by atoms with E-state index in [0.29, 0.717) is 18.9 Å². The normalized spacial score (nSPS) is 25.1. The van der Waals surface area contributed by atoms with Gasteiger partial charge in [0.05, 0.1) is 12.6 Å². The molecule has 7 heteroatoms. The summed E-state index contributed by atoms with van der Waals surface area (Å²) in [5.41, 5.74) is 5.76. The van der Waals surface area contributed by atoms with Crippen molar-refractivity contribution in [2.75, 3.05) is 20.2 Å². The molecule has 0 saturated carbocycles. The van der Waals surface area contributed by atoms with Crippen LogP contribution in [0.5, 0.6) is 0 Å². The average molecular weight is 274 g/mol. The number of halogens is 2. The SMILES string of the molecule is COC1CCN(Cc2nccn2C(F)F)C(CN)C1. The van der Waals surface area contributed by atoms with Gasteiger partial charge in [-0.1, -0.05) is 0 Å². The molecule has 0 aromatic carbocycles. The van der Waals surface area contributed by atoms with Crippen molar-refractivity contribution in [1.29, 1.82) is 0 Å². The number of alkyl halides is 2. The van der Waals surface area contributed by atoms with Crippen LogP contribution in [0.1, 0.15) is 25.2 Å². The first kappa shape index (κ1) is 14.4. The lowest BCUT2D eigenvalue weighted by Gasteiger charge is -2.38. The van der Waals surface area contributed by atoms with E-state index in [2.05, 4.69) is 9.88 Å². The lowest BCUT2D eigenvalue weighted by Crippen LogP contribution is -2.48. The number of hydrogen-bond acceptors (Lipinski definition) is 4. The Balaban J connectivity index is 2.03. The van der Waals surface area contributed by atoms with Gasteiger partial charge in [0.2, 0.25) is 0 Å². The zero-order valence-electron chi connectivity index (χ0n) is 11.0. The fraction of sp³-hybridized carbons (Fsp3) is 0.750. The Bertz CT molecular complexity index is 399. The van der Waals surface area contributed by atoms with E-state index in [1.807, 2.05) is 0 Å². The first-order valence-electron chi connectivity index (χ1n) is 6.42. The summed E-state index contributed by atoms with van der Waals surface area (Å²) in [6.45, 7) is -0.869. The maximum atomic E-state index is 12.8. The lowest BCUT2D eigenvalue weighted by molar-refractivity contribution is 0.00599. The first-order valence-corrected chi connectivity index (χ1v) is 6.42. The summed E-state index contributed by atoms with van der Waals surface area (Å²) < 4.78 is 31.8. The number of nitrogens with two attached hydrogens (primary N) is 1. The number of rotatable bonds is 5. The van der Waals surface area contributed by atoms with Gasteiger partial charge in [-0.05, 0) is 12.8 Å². The monoisotopic (exact) mass is 274 g/mol. The van der Waals surface area contributed by atoms with Crippen molar-refractivity contribution in [2.45, 2.75) is 38.1 Å². The molecule has 2 atom stereocenters. The summed E-state index contributed by atoms with van der Waals surface area (Å²) >= 11 is 0. The summed E-state index contributed by atoms with van der Waals surface area (Å²) in [5.74, 6) is 0.379. The summed E-state index contributed by atoms with van der Waals surface area (Å²) in [6.07, 6.45) is 4.64. The maximum absolute atomic E-state index is 12.8. The first-order chi connectivity index (χ1) is 9.15. The summed E-state index contributed by atoms with van der Waals surface area (Å²) in [4.78, 5) is 6.12. The van der Waals surface area contributed by atoms with Crippen molar-refractivity contribution < 1.29 is 13.5 Å². The summed E-state index contributed by atoms with van der Waals surface area (Å²) in [5, 5.41) is 0. The zero-order chi connectivity index (χ0) is 13.8. The minimum Gasteiger partial charge on any atom is -0.381 e. The Morgan fingerprint density at radius 3 is 3.00 bits per heavy atom. The Morgan fingerprint density at radius 2 is 2.37 bits per heavy atom. The van der Waals surface area contributed by atoms with E-state index in [0.717, 1.165) is 24.0 Å². The zero-order valence-corrected chi connectivity index (χ0v) is 11.0. The molecule has 108 valence electrons. The minimum absolute atomic E-state index is 0.154. The molecule has 5 nitrogen and oxygen atoms in total. The van der Waals surface area contributed by atoms with Crippen LogP contribution < -0.4 is 5.73 Å². The molecule has 2 unspecified atom stereocenters. The van der Waals surface area contributed by atoms with E-state index in [9.17, 15) is 8.78 Å². The van der Waals surface area contributed by atoms with Crippen LogP contribution in [-0.4, -0.2) is 46.8 Å². The van der Waals surface area contributed by atoms with Crippen LogP contribution in [0, 0.1) is 0 Å². The Labute approximate surface area is 111 Å². The fourth-order valence-electron chi connectivity index (χ4n) is 2.56. The van der Waals surface area contributed by atoms with E-state index < -0.39 is 6.55 Å².